The molecule has 0 unspecified atom stereocenters. The van der Waals surface area contributed by atoms with Gasteiger partial charge < -0.3 is 15.4 Å². The second-order valence-electron chi connectivity index (χ2n) is 8.80. The summed E-state index contributed by atoms with van der Waals surface area (Å²) in [6.45, 7) is 5.46. The van der Waals surface area contributed by atoms with Crippen molar-refractivity contribution in [1.29, 1.82) is 0 Å². The topological polar surface area (TPSA) is 129 Å². The Labute approximate surface area is 211 Å². The molecule has 0 spiro atoms. The second kappa shape index (κ2) is 12.8. The normalized spacial score (nSPS) is 11.5. The molecule has 0 aliphatic heterocycles. The number of carbonyl (C=O) groups is 2. The number of benzene rings is 1. The lowest BCUT2D eigenvalue weighted by Gasteiger charge is -2.10. The molecule has 3 aromatic rings. The third-order valence-electron chi connectivity index (χ3n) is 5.03. The van der Waals surface area contributed by atoms with Gasteiger partial charge in [-0.05, 0) is 36.5 Å². The summed E-state index contributed by atoms with van der Waals surface area (Å²) >= 11 is 0. The highest BCUT2D eigenvalue weighted by molar-refractivity contribution is 5.91. The molecule has 0 atom stereocenters. The number of halogens is 3. The van der Waals surface area contributed by atoms with Gasteiger partial charge in [0.25, 0.3) is 5.91 Å². The maximum absolute atomic E-state index is 12.4. The van der Waals surface area contributed by atoms with E-state index in [1.165, 1.54) is 24.4 Å². The van der Waals surface area contributed by atoms with Crippen LogP contribution in [-0.4, -0.2) is 48.2 Å². The molecule has 3 rings (SSSR count). The van der Waals surface area contributed by atoms with Gasteiger partial charge in [-0.2, -0.15) is 0 Å². The molecule has 0 bridgehead atoms. The van der Waals surface area contributed by atoms with E-state index in [0.717, 1.165) is 12.8 Å². The van der Waals surface area contributed by atoms with Crippen LogP contribution in [0.3, 0.4) is 0 Å². The van der Waals surface area contributed by atoms with E-state index in [1.54, 1.807) is 21.6 Å². The minimum Gasteiger partial charge on any atom is -0.406 e. The van der Waals surface area contributed by atoms with Gasteiger partial charge in [0.15, 0.2) is 5.69 Å². The largest absolute Gasteiger partial charge is 0.573 e. The molecule has 1 aromatic carbocycles. The number of ether oxygens (including phenoxy) is 1. The van der Waals surface area contributed by atoms with Gasteiger partial charge in [0.1, 0.15) is 11.4 Å². The fraction of sp³-hybridized carbons (Fsp3) is 0.478. The van der Waals surface area contributed by atoms with Gasteiger partial charge in [-0.15, -0.1) is 23.4 Å². The van der Waals surface area contributed by atoms with E-state index >= 15 is 0 Å². The maximum Gasteiger partial charge on any atom is 0.573 e. The zero-order valence-corrected chi connectivity index (χ0v) is 20.5. The van der Waals surface area contributed by atoms with Gasteiger partial charge in [-0.25, -0.2) is 0 Å². The van der Waals surface area contributed by atoms with Gasteiger partial charge in [0.05, 0.1) is 18.9 Å². The van der Waals surface area contributed by atoms with Gasteiger partial charge in [0, 0.05) is 26.1 Å². The SMILES string of the molecule is CC(C)CC(=O)NCc1cn(CCCCn2cc(C(=O)NCc3cccc(OC(F)(F)F)c3)nn2)nn1. The van der Waals surface area contributed by atoms with Crippen LogP contribution in [-0.2, 0) is 31.0 Å². The Balaban J connectivity index is 1.37. The van der Waals surface area contributed by atoms with Crippen molar-refractivity contribution in [3.8, 4) is 5.75 Å². The van der Waals surface area contributed by atoms with Crippen molar-refractivity contribution in [2.45, 2.75) is 65.7 Å². The molecule has 11 nitrogen and oxygen atoms in total. The predicted molar refractivity (Wildman–Crippen MR) is 125 cm³/mol. The molecule has 2 heterocycles. The quantitative estimate of drug-likeness (QED) is 0.330. The van der Waals surface area contributed by atoms with Gasteiger partial charge in [0.2, 0.25) is 5.91 Å². The average Bonchev–Trinajstić information content (AvgIpc) is 3.47. The molecule has 2 amide bonds. The summed E-state index contributed by atoms with van der Waals surface area (Å²) in [7, 11) is 0. The van der Waals surface area contributed by atoms with Crippen molar-refractivity contribution in [3.63, 3.8) is 0 Å². The molecule has 2 N–H and O–H groups in total. The van der Waals surface area contributed by atoms with E-state index in [0.29, 0.717) is 43.2 Å². The lowest BCUT2D eigenvalue weighted by Crippen LogP contribution is -2.24. The fourth-order valence-electron chi connectivity index (χ4n) is 3.35. The first kappa shape index (κ1) is 27.6. The molecule has 0 saturated carbocycles. The van der Waals surface area contributed by atoms with Crippen LogP contribution in [0.2, 0.25) is 0 Å². The van der Waals surface area contributed by atoms with Gasteiger partial charge in [-0.1, -0.05) is 36.4 Å². The monoisotopic (exact) mass is 522 g/mol. The Morgan fingerprint density at radius 3 is 2.41 bits per heavy atom. The third-order valence-corrected chi connectivity index (χ3v) is 5.03. The number of hydrogen-bond acceptors (Lipinski definition) is 7. The molecule has 0 aliphatic carbocycles. The smallest absolute Gasteiger partial charge is 0.406 e. The lowest BCUT2D eigenvalue weighted by molar-refractivity contribution is -0.274. The molecular weight excluding hydrogens is 493 g/mol. The third kappa shape index (κ3) is 9.89. The number of alkyl halides is 3. The predicted octanol–water partition coefficient (Wildman–Crippen LogP) is 2.84. The molecular formula is C23H29F3N8O3. The molecule has 0 fully saturated rings. The van der Waals surface area contributed by atoms with Crippen molar-refractivity contribution in [2.75, 3.05) is 0 Å². The van der Waals surface area contributed by atoms with Gasteiger partial charge in [-0.3, -0.25) is 19.0 Å². The minimum absolute atomic E-state index is 0.00203. The first-order valence-corrected chi connectivity index (χ1v) is 11.8. The Morgan fingerprint density at radius 1 is 1.00 bits per heavy atom. The zero-order valence-electron chi connectivity index (χ0n) is 20.5. The number of amides is 2. The van der Waals surface area contributed by atoms with Crippen LogP contribution in [0.1, 0.15) is 54.9 Å². The molecule has 0 aliphatic rings. The summed E-state index contributed by atoms with van der Waals surface area (Å²) in [6, 6.07) is 5.36. The Hall–Kier alpha value is -3.97. The van der Waals surface area contributed by atoms with Crippen LogP contribution in [0.5, 0.6) is 5.75 Å². The zero-order chi connectivity index (χ0) is 26.8. The van der Waals surface area contributed by atoms with E-state index < -0.39 is 12.3 Å². The van der Waals surface area contributed by atoms with Crippen molar-refractivity contribution in [1.82, 2.24) is 40.6 Å². The lowest BCUT2D eigenvalue weighted by atomic mass is 10.1. The molecule has 37 heavy (non-hydrogen) atoms. The van der Waals surface area contributed by atoms with Gasteiger partial charge >= 0.3 is 6.36 Å². The highest BCUT2D eigenvalue weighted by atomic mass is 19.4. The number of aromatic nitrogens is 6. The molecule has 0 radical (unpaired) electrons. The van der Waals surface area contributed by atoms with Crippen molar-refractivity contribution < 1.29 is 27.5 Å². The molecule has 14 heteroatoms. The van der Waals surface area contributed by atoms with Crippen molar-refractivity contribution >= 4 is 11.8 Å². The number of carbonyl (C=O) groups excluding carboxylic acids is 2. The summed E-state index contributed by atoms with van der Waals surface area (Å²) in [6.07, 6.45) is 0.500. The Kier molecular flexibility index (Phi) is 9.57. The van der Waals surface area contributed by atoms with Crippen LogP contribution < -0.4 is 15.4 Å². The number of aryl methyl sites for hydroxylation is 2. The number of nitrogens with one attached hydrogen (secondary N) is 2. The van der Waals surface area contributed by atoms with Crippen LogP contribution in [0.4, 0.5) is 13.2 Å². The number of rotatable bonds is 13. The summed E-state index contributed by atoms with van der Waals surface area (Å²) in [5.74, 6) is -0.584. The first-order chi connectivity index (χ1) is 17.6. The summed E-state index contributed by atoms with van der Waals surface area (Å²) in [5.41, 5.74) is 1.23. The van der Waals surface area contributed by atoms with Crippen molar-refractivity contribution in [3.05, 3.63) is 53.6 Å². The summed E-state index contributed by atoms with van der Waals surface area (Å²) in [5, 5.41) is 21.3. The van der Waals surface area contributed by atoms with E-state index in [4.69, 9.17) is 0 Å². The average molecular weight is 523 g/mol. The summed E-state index contributed by atoms with van der Waals surface area (Å²) in [4.78, 5) is 24.1. The molecule has 200 valence electrons. The van der Waals surface area contributed by atoms with E-state index in [2.05, 4.69) is 36.0 Å². The molecule has 2 aromatic heterocycles. The summed E-state index contributed by atoms with van der Waals surface area (Å²) < 4.78 is 44.2. The van der Waals surface area contributed by atoms with Crippen molar-refractivity contribution in [2.24, 2.45) is 5.92 Å². The van der Waals surface area contributed by atoms with Crippen LogP contribution in [0.15, 0.2) is 36.7 Å². The van der Waals surface area contributed by atoms with E-state index in [9.17, 15) is 22.8 Å². The van der Waals surface area contributed by atoms with E-state index in [-0.39, 0.29) is 23.9 Å². The Bertz CT molecular complexity index is 1180. The minimum atomic E-state index is -4.79. The van der Waals surface area contributed by atoms with Crippen LogP contribution >= 0.6 is 0 Å². The highest BCUT2D eigenvalue weighted by Gasteiger charge is 2.31. The molecule has 0 saturated heterocycles. The van der Waals surface area contributed by atoms with E-state index in [1.807, 2.05) is 13.8 Å². The number of nitrogens with zero attached hydrogens (tertiary/aromatic N) is 6. The second-order valence-corrected chi connectivity index (χ2v) is 8.80. The number of unbranched alkanes of at least 4 members (excludes halogenated alkanes) is 1. The van der Waals surface area contributed by atoms with Crippen LogP contribution in [0, 0.1) is 5.92 Å². The number of hydrogen-bond donors (Lipinski definition) is 2. The first-order valence-electron chi connectivity index (χ1n) is 11.8. The standard InChI is InChI=1S/C23H29F3N8O3/c1-16(2)10-21(35)27-13-18-14-33(31-29-18)8-3-4-9-34-15-20(30-32-34)22(36)28-12-17-6-5-7-19(11-17)37-23(24,25)26/h5-7,11,14-16H,3-4,8-10,12-13H2,1-2H3,(H,27,35)(H,28,36). The fourth-order valence-corrected chi connectivity index (χ4v) is 3.35. The van der Waals surface area contributed by atoms with Crippen LogP contribution in [0.25, 0.3) is 0 Å². The maximum atomic E-state index is 12.4. The Morgan fingerprint density at radius 2 is 1.70 bits per heavy atom. The highest BCUT2D eigenvalue weighted by Crippen LogP contribution is 2.23.